The van der Waals surface area contributed by atoms with Crippen molar-refractivity contribution in [2.45, 2.75) is 31.8 Å². The second-order valence-corrected chi connectivity index (χ2v) is 8.75. The summed E-state index contributed by atoms with van der Waals surface area (Å²) >= 11 is 11.8. The Morgan fingerprint density at radius 3 is 2.45 bits per heavy atom. The first-order chi connectivity index (χ1) is 13.5. The zero-order valence-electron chi connectivity index (χ0n) is 16.0. The first-order valence-electron chi connectivity index (χ1n) is 8.62. The number of amides is 1. The summed E-state index contributed by atoms with van der Waals surface area (Å²) in [5.41, 5.74) is 0.880. The maximum atomic E-state index is 12.5. The van der Waals surface area contributed by atoms with Crippen LogP contribution in [0.5, 0.6) is 0 Å². The number of benzene rings is 2. The van der Waals surface area contributed by atoms with Crippen LogP contribution in [0.15, 0.2) is 41.3 Å². The fraction of sp³-hybridized carbons (Fsp3) is 0.263. The van der Waals surface area contributed by atoms with Gasteiger partial charge in [0.15, 0.2) is 6.10 Å². The van der Waals surface area contributed by atoms with Crippen molar-refractivity contribution >= 4 is 50.8 Å². The molecule has 0 aliphatic carbocycles. The Balaban J connectivity index is 2.15. The molecule has 0 spiro atoms. The minimum atomic E-state index is -3.74. The number of sulfonamides is 1. The molecule has 2 aromatic rings. The third-order valence-corrected chi connectivity index (χ3v) is 6.01. The second-order valence-electron chi connectivity index (χ2n) is 6.14. The lowest BCUT2D eigenvalue weighted by atomic mass is 10.1. The Morgan fingerprint density at radius 1 is 1.14 bits per heavy atom. The molecule has 0 aliphatic heterocycles. The Bertz CT molecular complexity index is 1040. The molecule has 0 aliphatic rings. The minimum absolute atomic E-state index is 0.0492. The first kappa shape index (κ1) is 23.2. The van der Waals surface area contributed by atoms with Gasteiger partial charge < -0.3 is 10.1 Å². The van der Waals surface area contributed by atoms with E-state index >= 15 is 0 Å². The van der Waals surface area contributed by atoms with E-state index in [0.717, 1.165) is 0 Å². The summed E-state index contributed by atoms with van der Waals surface area (Å²) in [5.74, 6) is -1.42. The van der Waals surface area contributed by atoms with Crippen LogP contribution in [0.25, 0.3) is 0 Å². The van der Waals surface area contributed by atoms with Gasteiger partial charge in [0.2, 0.25) is 10.0 Å². The largest absolute Gasteiger partial charge is 0.449 e. The molecule has 156 valence electrons. The topological polar surface area (TPSA) is 102 Å². The molecule has 7 nitrogen and oxygen atoms in total. The summed E-state index contributed by atoms with van der Waals surface area (Å²) in [4.78, 5) is 24.8. The Hall–Kier alpha value is -2.13. The molecule has 10 heteroatoms. The summed E-state index contributed by atoms with van der Waals surface area (Å²) in [5, 5.41) is 3.20. The molecule has 0 fully saturated rings. The number of nitrogens with one attached hydrogen (secondary N) is 2. The van der Waals surface area contributed by atoms with Gasteiger partial charge in [-0.05, 0) is 49.7 Å². The average molecular weight is 459 g/mol. The van der Waals surface area contributed by atoms with Crippen LogP contribution in [0.3, 0.4) is 0 Å². The highest BCUT2D eigenvalue weighted by Gasteiger charge is 2.23. The van der Waals surface area contributed by atoms with Gasteiger partial charge in [-0.15, -0.1) is 0 Å². The summed E-state index contributed by atoms with van der Waals surface area (Å²) in [7, 11) is -3.74. The van der Waals surface area contributed by atoms with Gasteiger partial charge in [-0.2, -0.15) is 0 Å². The van der Waals surface area contributed by atoms with Gasteiger partial charge in [0, 0.05) is 11.6 Å². The number of hydrogen-bond donors (Lipinski definition) is 2. The molecular formula is C19H20Cl2N2O5S. The highest BCUT2D eigenvalue weighted by atomic mass is 35.5. The van der Waals surface area contributed by atoms with Crippen molar-refractivity contribution < 1.29 is 22.7 Å². The monoisotopic (exact) mass is 458 g/mol. The van der Waals surface area contributed by atoms with Crippen molar-refractivity contribution in [1.82, 2.24) is 4.72 Å². The van der Waals surface area contributed by atoms with E-state index in [9.17, 15) is 18.0 Å². The SMILES string of the molecule is CCNS(=O)(=O)c1ccc(C)c(C(=O)OC(C)C(=O)Nc2ccc(Cl)cc2Cl)c1. The van der Waals surface area contributed by atoms with Crippen molar-refractivity contribution in [2.75, 3.05) is 11.9 Å². The number of anilines is 1. The maximum Gasteiger partial charge on any atom is 0.339 e. The number of esters is 1. The molecule has 1 unspecified atom stereocenters. The second kappa shape index (κ2) is 9.58. The van der Waals surface area contributed by atoms with E-state index in [4.69, 9.17) is 27.9 Å². The van der Waals surface area contributed by atoms with Crippen molar-refractivity contribution in [2.24, 2.45) is 0 Å². The molecule has 2 aromatic carbocycles. The highest BCUT2D eigenvalue weighted by molar-refractivity contribution is 7.89. The zero-order valence-corrected chi connectivity index (χ0v) is 18.3. The quantitative estimate of drug-likeness (QED) is 0.614. The van der Waals surface area contributed by atoms with Gasteiger partial charge in [-0.3, -0.25) is 4.79 Å². The number of carbonyl (C=O) groups excluding carboxylic acids is 2. The van der Waals surface area contributed by atoms with Gasteiger partial charge in [0.1, 0.15) is 0 Å². The molecule has 0 aromatic heterocycles. The van der Waals surface area contributed by atoms with Gasteiger partial charge in [0.05, 0.1) is 21.2 Å². The smallest absolute Gasteiger partial charge is 0.339 e. The van der Waals surface area contributed by atoms with Crippen LogP contribution in [0, 0.1) is 6.92 Å². The van der Waals surface area contributed by atoms with Crippen LogP contribution in [0.1, 0.15) is 29.8 Å². The van der Waals surface area contributed by atoms with E-state index in [1.54, 1.807) is 19.9 Å². The normalized spacial score (nSPS) is 12.3. The molecule has 0 heterocycles. The number of ether oxygens (including phenoxy) is 1. The Kier molecular flexibility index (Phi) is 7.65. The van der Waals surface area contributed by atoms with Gasteiger partial charge in [-0.1, -0.05) is 36.2 Å². The summed E-state index contributed by atoms with van der Waals surface area (Å²) in [6, 6.07) is 8.66. The lowest BCUT2D eigenvalue weighted by molar-refractivity contribution is -0.123. The Morgan fingerprint density at radius 2 is 1.83 bits per heavy atom. The predicted octanol–water partition coefficient (Wildman–Crippen LogP) is 3.78. The highest BCUT2D eigenvalue weighted by Crippen LogP contribution is 2.25. The lowest BCUT2D eigenvalue weighted by Gasteiger charge is -2.15. The van der Waals surface area contributed by atoms with Gasteiger partial charge in [0.25, 0.3) is 5.91 Å². The van der Waals surface area contributed by atoms with Crippen LogP contribution in [-0.4, -0.2) is 32.9 Å². The van der Waals surface area contributed by atoms with Crippen molar-refractivity contribution in [3.63, 3.8) is 0 Å². The summed E-state index contributed by atoms with van der Waals surface area (Å²) in [6.45, 7) is 4.89. The average Bonchev–Trinajstić information content (AvgIpc) is 2.63. The number of hydrogen-bond acceptors (Lipinski definition) is 5. The standard InChI is InChI=1S/C19H20Cl2N2O5S/c1-4-22-29(26,27)14-7-5-11(2)15(10-14)19(25)28-12(3)18(24)23-17-8-6-13(20)9-16(17)21/h5-10,12,22H,4H2,1-3H3,(H,23,24). The van der Waals surface area contributed by atoms with Crippen LogP contribution in [-0.2, 0) is 19.6 Å². The van der Waals surface area contributed by atoms with Crippen molar-refractivity contribution in [3.8, 4) is 0 Å². The maximum absolute atomic E-state index is 12.5. The van der Waals surface area contributed by atoms with E-state index in [-0.39, 0.29) is 22.0 Å². The molecular weight excluding hydrogens is 439 g/mol. The Labute approximate surface area is 179 Å². The molecule has 2 N–H and O–H groups in total. The lowest BCUT2D eigenvalue weighted by Crippen LogP contribution is -2.30. The van der Waals surface area contributed by atoms with Crippen molar-refractivity contribution in [1.29, 1.82) is 0 Å². The van der Waals surface area contributed by atoms with Gasteiger partial charge >= 0.3 is 5.97 Å². The van der Waals surface area contributed by atoms with E-state index in [0.29, 0.717) is 16.3 Å². The fourth-order valence-corrected chi connectivity index (χ4v) is 3.89. The molecule has 0 saturated heterocycles. The van der Waals surface area contributed by atoms with Crippen LogP contribution in [0.4, 0.5) is 5.69 Å². The van der Waals surface area contributed by atoms with E-state index < -0.39 is 28.0 Å². The predicted molar refractivity (Wildman–Crippen MR) is 112 cm³/mol. The summed E-state index contributed by atoms with van der Waals surface area (Å²) in [6.07, 6.45) is -1.15. The minimum Gasteiger partial charge on any atom is -0.449 e. The van der Waals surface area contributed by atoms with Crippen LogP contribution >= 0.6 is 23.2 Å². The number of rotatable bonds is 7. The zero-order chi connectivity index (χ0) is 21.8. The number of aryl methyl sites for hydroxylation is 1. The molecule has 0 saturated carbocycles. The molecule has 1 atom stereocenters. The van der Waals surface area contributed by atoms with E-state index in [1.165, 1.54) is 37.3 Å². The van der Waals surface area contributed by atoms with E-state index in [1.807, 2.05) is 0 Å². The third kappa shape index (κ3) is 5.93. The number of carbonyl (C=O) groups is 2. The molecule has 0 radical (unpaired) electrons. The molecule has 29 heavy (non-hydrogen) atoms. The first-order valence-corrected chi connectivity index (χ1v) is 10.9. The summed E-state index contributed by atoms with van der Waals surface area (Å²) < 4.78 is 31.9. The van der Waals surface area contributed by atoms with Crippen LogP contribution < -0.4 is 10.0 Å². The molecule has 2 rings (SSSR count). The van der Waals surface area contributed by atoms with Crippen molar-refractivity contribution in [3.05, 3.63) is 57.6 Å². The molecule has 0 bridgehead atoms. The van der Waals surface area contributed by atoms with Gasteiger partial charge in [-0.25, -0.2) is 17.9 Å². The molecule has 1 amide bonds. The van der Waals surface area contributed by atoms with Crippen LogP contribution in [0.2, 0.25) is 10.0 Å². The number of halogens is 2. The van der Waals surface area contributed by atoms with E-state index in [2.05, 4.69) is 10.0 Å². The fourth-order valence-electron chi connectivity index (χ4n) is 2.36. The third-order valence-electron chi connectivity index (χ3n) is 3.92.